The fraction of sp³-hybridized carbons (Fsp3) is 0.133. The maximum absolute atomic E-state index is 12.0. The third kappa shape index (κ3) is 3.59. The van der Waals surface area contributed by atoms with Crippen LogP contribution in [-0.2, 0) is 6.42 Å². The second-order valence-corrected chi connectivity index (χ2v) is 4.93. The van der Waals surface area contributed by atoms with Crippen LogP contribution in [0.15, 0.2) is 48.5 Å². The summed E-state index contributed by atoms with van der Waals surface area (Å²) in [6, 6.07) is 14.6. The largest absolute Gasteiger partial charge is 0.294 e. The van der Waals surface area contributed by atoms with Crippen molar-refractivity contribution in [1.82, 2.24) is 0 Å². The van der Waals surface area contributed by atoms with Gasteiger partial charge >= 0.3 is 0 Å². The number of ketones is 1. The third-order valence-electron chi connectivity index (χ3n) is 2.70. The van der Waals surface area contributed by atoms with Gasteiger partial charge in [0.15, 0.2) is 5.78 Å². The summed E-state index contributed by atoms with van der Waals surface area (Å²) in [6.07, 6.45) is 1.19. The van der Waals surface area contributed by atoms with E-state index >= 15 is 0 Å². The molecular weight excluding hydrogens is 267 g/mol. The fourth-order valence-corrected chi connectivity index (χ4v) is 2.03. The number of Topliss-reactive ketones (excluding diaryl/α,β-unsaturated/α-hetero) is 1. The van der Waals surface area contributed by atoms with Gasteiger partial charge in [-0.25, -0.2) is 0 Å². The Morgan fingerprint density at radius 3 is 2.33 bits per heavy atom. The number of halogens is 2. The Balaban J connectivity index is 1.98. The summed E-state index contributed by atoms with van der Waals surface area (Å²) in [7, 11) is 0. The zero-order valence-electron chi connectivity index (χ0n) is 9.70. The van der Waals surface area contributed by atoms with E-state index < -0.39 is 0 Å². The van der Waals surface area contributed by atoms with Gasteiger partial charge in [-0.2, -0.15) is 0 Å². The van der Waals surface area contributed by atoms with E-state index in [4.69, 9.17) is 23.2 Å². The summed E-state index contributed by atoms with van der Waals surface area (Å²) in [6.45, 7) is 0. The predicted octanol–water partition coefficient (Wildman–Crippen LogP) is 4.81. The van der Waals surface area contributed by atoms with Crippen LogP contribution in [0, 0.1) is 0 Å². The molecule has 0 amide bonds. The van der Waals surface area contributed by atoms with E-state index in [-0.39, 0.29) is 5.78 Å². The zero-order chi connectivity index (χ0) is 13.0. The Bertz CT molecular complexity index is 547. The van der Waals surface area contributed by atoms with Crippen LogP contribution in [0.25, 0.3) is 0 Å². The van der Waals surface area contributed by atoms with Crippen molar-refractivity contribution in [2.24, 2.45) is 0 Å². The van der Waals surface area contributed by atoms with Crippen LogP contribution < -0.4 is 0 Å². The molecule has 0 N–H and O–H groups in total. The van der Waals surface area contributed by atoms with Crippen molar-refractivity contribution in [1.29, 1.82) is 0 Å². The van der Waals surface area contributed by atoms with Crippen LogP contribution >= 0.6 is 23.2 Å². The SMILES string of the molecule is O=C(CCc1ccc(Cl)cc1)c1cccc(Cl)c1. The van der Waals surface area contributed by atoms with Crippen LogP contribution in [0.3, 0.4) is 0 Å². The van der Waals surface area contributed by atoms with E-state index in [1.165, 1.54) is 0 Å². The Hall–Kier alpha value is -1.31. The first kappa shape index (κ1) is 13.1. The molecule has 18 heavy (non-hydrogen) atoms. The van der Waals surface area contributed by atoms with Gasteiger partial charge in [-0.1, -0.05) is 47.5 Å². The van der Waals surface area contributed by atoms with Crippen LogP contribution in [-0.4, -0.2) is 5.78 Å². The van der Waals surface area contributed by atoms with Crippen molar-refractivity contribution in [2.45, 2.75) is 12.8 Å². The Kier molecular flexibility index (Phi) is 4.40. The third-order valence-corrected chi connectivity index (χ3v) is 3.19. The van der Waals surface area contributed by atoms with Gasteiger partial charge in [-0.15, -0.1) is 0 Å². The van der Waals surface area contributed by atoms with Crippen molar-refractivity contribution in [3.63, 3.8) is 0 Å². The van der Waals surface area contributed by atoms with Gasteiger partial charge in [0.25, 0.3) is 0 Å². The Morgan fingerprint density at radius 1 is 0.944 bits per heavy atom. The Morgan fingerprint density at radius 2 is 1.67 bits per heavy atom. The van der Waals surface area contributed by atoms with E-state index in [1.807, 2.05) is 24.3 Å². The molecule has 0 heterocycles. The highest BCUT2D eigenvalue weighted by molar-refractivity contribution is 6.31. The van der Waals surface area contributed by atoms with Gasteiger partial charge < -0.3 is 0 Å². The maximum Gasteiger partial charge on any atom is 0.163 e. The molecule has 0 aliphatic carbocycles. The van der Waals surface area contributed by atoms with Crippen LogP contribution in [0.5, 0.6) is 0 Å². The minimum absolute atomic E-state index is 0.104. The van der Waals surface area contributed by atoms with Gasteiger partial charge in [-0.3, -0.25) is 4.79 Å². The topological polar surface area (TPSA) is 17.1 Å². The van der Waals surface area contributed by atoms with Crippen LogP contribution in [0.2, 0.25) is 10.0 Å². The first-order valence-corrected chi connectivity index (χ1v) is 6.44. The highest BCUT2D eigenvalue weighted by Gasteiger charge is 2.06. The van der Waals surface area contributed by atoms with Crippen molar-refractivity contribution in [2.75, 3.05) is 0 Å². The number of aryl methyl sites for hydroxylation is 1. The summed E-state index contributed by atoms with van der Waals surface area (Å²) in [5, 5.41) is 1.30. The molecule has 0 aromatic heterocycles. The highest BCUT2D eigenvalue weighted by Crippen LogP contribution is 2.15. The number of carbonyl (C=O) groups excluding carboxylic acids is 1. The summed E-state index contributed by atoms with van der Waals surface area (Å²) in [4.78, 5) is 12.0. The molecule has 2 aromatic carbocycles. The number of benzene rings is 2. The number of hydrogen-bond donors (Lipinski definition) is 0. The van der Waals surface area contributed by atoms with Crippen molar-refractivity contribution < 1.29 is 4.79 Å². The zero-order valence-corrected chi connectivity index (χ0v) is 11.2. The second kappa shape index (κ2) is 6.03. The van der Waals surface area contributed by atoms with E-state index in [0.29, 0.717) is 28.5 Å². The van der Waals surface area contributed by atoms with E-state index in [0.717, 1.165) is 5.56 Å². The lowest BCUT2D eigenvalue weighted by molar-refractivity contribution is 0.0983. The lowest BCUT2D eigenvalue weighted by Crippen LogP contribution is -2.00. The van der Waals surface area contributed by atoms with Gasteiger partial charge in [0.1, 0.15) is 0 Å². The second-order valence-electron chi connectivity index (χ2n) is 4.06. The monoisotopic (exact) mass is 278 g/mol. The van der Waals surface area contributed by atoms with Crippen LogP contribution in [0.4, 0.5) is 0 Å². The highest BCUT2D eigenvalue weighted by atomic mass is 35.5. The van der Waals surface area contributed by atoms with E-state index in [2.05, 4.69) is 0 Å². The number of rotatable bonds is 4. The van der Waals surface area contributed by atoms with E-state index in [1.54, 1.807) is 24.3 Å². The number of hydrogen-bond acceptors (Lipinski definition) is 1. The predicted molar refractivity (Wildman–Crippen MR) is 75.6 cm³/mol. The lowest BCUT2D eigenvalue weighted by Gasteiger charge is -2.02. The average molecular weight is 279 g/mol. The molecule has 0 aliphatic heterocycles. The van der Waals surface area contributed by atoms with Gasteiger partial charge in [0.2, 0.25) is 0 Å². The molecule has 0 saturated carbocycles. The molecule has 3 heteroatoms. The molecule has 0 saturated heterocycles. The minimum Gasteiger partial charge on any atom is -0.294 e. The lowest BCUT2D eigenvalue weighted by atomic mass is 10.0. The molecule has 1 nitrogen and oxygen atoms in total. The van der Waals surface area contributed by atoms with Crippen molar-refractivity contribution >= 4 is 29.0 Å². The molecule has 0 aliphatic rings. The molecule has 0 atom stereocenters. The molecule has 92 valence electrons. The molecule has 0 fully saturated rings. The van der Waals surface area contributed by atoms with Crippen molar-refractivity contribution in [3.8, 4) is 0 Å². The van der Waals surface area contributed by atoms with Crippen molar-refractivity contribution in [3.05, 3.63) is 69.7 Å². The summed E-state index contributed by atoms with van der Waals surface area (Å²) in [5.74, 6) is 0.104. The van der Waals surface area contributed by atoms with Gasteiger partial charge in [0.05, 0.1) is 0 Å². The van der Waals surface area contributed by atoms with E-state index in [9.17, 15) is 4.79 Å². The van der Waals surface area contributed by atoms with Gasteiger partial charge in [-0.05, 0) is 36.2 Å². The normalized spacial score (nSPS) is 10.3. The summed E-state index contributed by atoms with van der Waals surface area (Å²) in [5.41, 5.74) is 1.77. The smallest absolute Gasteiger partial charge is 0.163 e. The quantitative estimate of drug-likeness (QED) is 0.734. The number of carbonyl (C=O) groups is 1. The fourth-order valence-electron chi connectivity index (χ4n) is 1.72. The first-order valence-electron chi connectivity index (χ1n) is 5.68. The molecule has 2 aromatic rings. The molecule has 0 spiro atoms. The molecule has 0 radical (unpaired) electrons. The molecule has 0 unspecified atom stereocenters. The molecule has 0 bridgehead atoms. The standard InChI is InChI=1S/C15H12Cl2O/c16-13-7-4-11(5-8-13)6-9-15(18)12-2-1-3-14(17)10-12/h1-5,7-8,10H,6,9H2. The molecular formula is C15H12Cl2O. The Labute approximate surface area is 116 Å². The summed E-state index contributed by atoms with van der Waals surface area (Å²) < 4.78 is 0. The van der Waals surface area contributed by atoms with Gasteiger partial charge in [0, 0.05) is 22.0 Å². The maximum atomic E-state index is 12.0. The summed E-state index contributed by atoms with van der Waals surface area (Å²) >= 11 is 11.7. The minimum atomic E-state index is 0.104. The first-order chi connectivity index (χ1) is 8.65. The van der Waals surface area contributed by atoms with Crippen LogP contribution in [0.1, 0.15) is 22.3 Å². The average Bonchev–Trinajstić information content (AvgIpc) is 2.38. The molecule has 2 rings (SSSR count).